The summed E-state index contributed by atoms with van der Waals surface area (Å²) >= 11 is 3.36. The van der Waals surface area contributed by atoms with Crippen LogP contribution in [0.25, 0.3) is 0 Å². The molecule has 0 saturated heterocycles. The van der Waals surface area contributed by atoms with Crippen molar-refractivity contribution >= 4 is 43.2 Å². The molecule has 0 aliphatic carbocycles. The van der Waals surface area contributed by atoms with Crippen molar-refractivity contribution in [1.82, 2.24) is 0 Å². The van der Waals surface area contributed by atoms with Gasteiger partial charge in [-0.15, -0.1) is 0 Å². The highest BCUT2D eigenvalue weighted by atomic mass is 79.9. The molecule has 3 rings (SSSR count). The molecule has 0 fully saturated rings. The van der Waals surface area contributed by atoms with Gasteiger partial charge in [0.2, 0.25) is 5.91 Å². The van der Waals surface area contributed by atoms with Crippen LogP contribution in [0.3, 0.4) is 0 Å². The zero-order valence-corrected chi connectivity index (χ0v) is 15.2. The van der Waals surface area contributed by atoms with E-state index < -0.39 is 10.0 Å². The molecule has 0 bridgehead atoms. The zero-order valence-electron chi connectivity index (χ0n) is 12.8. The Morgan fingerprint density at radius 3 is 2.58 bits per heavy atom. The number of hydrogen-bond acceptors (Lipinski definition) is 4. The molecule has 0 saturated carbocycles. The Morgan fingerprint density at radius 2 is 1.92 bits per heavy atom. The highest BCUT2D eigenvalue weighted by Gasteiger charge is 2.30. The fourth-order valence-electron chi connectivity index (χ4n) is 2.46. The third kappa shape index (κ3) is 3.25. The average molecular weight is 411 g/mol. The smallest absolute Gasteiger partial charge is 0.264 e. The van der Waals surface area contributed by atoms with Gasteiger partial charge < -0.3 is 10.1 Å². The first kappa shape index (κ1) is 16.8. The molecule has 6 nitrogen and oxygen atoms in total. The number of sulfonamides is 1. The summed E-state index contributed by atoms with van der Waals surface area (Å²) in [5, 5.41) is 2.61. The van der Waals surface area contributed by atoms with Crippen LogP contribution in [0.2, 0.25) is 0 Å². The first-order valence-corrected chi connectivity index (χ1v) is 9.44. The van der Waals surface area contributed by atoms with Crippen molar-refractivity contribution in [2.45, 2.75) is 11.8 Å². The maximum atomic E-state index is 13.0. The molecule has 1 amide bonds. The molecule has 0 atom stereocenters. The van der Waals surface area contributed by atoms with Crippen molar-refractivity contribution in [3.63, 3.8) is 0 Å². The van der Waals surface area contributed by atoms with Gasteiger partial charge in [0.05, 0.1) is 17.1 Å². The predicted octanol–water partition coefficient (Wildman–Crippen LogP) is 3.00. The molecule has 24 heavy (non-hydrogen) atoms. The van der Waals surface area contributed by atoms with Crippen molar-refractivity contribution in [3.05, 3.63) is 46.9 Å². The standard InChI is InChI=1S/C16H15BrN2O4S/c1-11(20)18-13-3-5-14(6-4-13)24(21,22)19-8-9-23-16-7-2-12(17)10-15(16)19/h2-7,10H,8-9H2,1H3,(H,18,20). The average Bonchev–Trinajstić information content (AvgIpc) is 2.54. The van der Waals surface area contributed by atoms with E-state index in [1.807, 2.05) is 0 Å². The minimum atomic E-state index is -3.72. The Labute approximate surface area is 148 Å². The van der Waals surface area contributed by atoms with Crippen LogP contribution in [0.4, 0.5) is 11.4 Å². The summed E-state index contributed by atoms with van der Waals surface area (Å²) in [6.45, 7) is 1.92. The molecule has 126 valence electrons. The van der Waals surface area contributed by atoms with Crippen LogP contribution >= 0.6 is 15.9 Å². The molecule has 2 aromatic rings. The van der Waals surface area contributed by atoms with E-state index in [0.717, 1.165) is 4.47 Å². The van der Waals surface area contributed by atoms with Crippen molar-refractivity contribution < 1.29 is 17.9 Å². The second-order valence-electron chi connectivity index (χ2n) is 5.24. The maximum absolute atomic E-state index is 13.0. The summed E-state index contributed by atoms with van der Waals surface area (Å²) in [6.07, 6.45) is 0. The van der Waals surface area contributed by atoms with Gasteiger partial charge in [0.15, 0.2) is 0 Å². The van der Waals surface area contributed by atoms with E-state index in [1.165, 1.54) is 23.4 Å². The summed E-state index contributed by atoms with van der Waals surface area (Å²) in [7, 11) is -3.72. The van der Waals surface area contributed by atoms with Crippen molar-refractivity contribution in [3.8, 4) is 5.75 Å². The monoisotopic (exact) mass is 410 g/mol. The molecule has 0 spiro atoms. The summed E-state index contributed by atoms with van der Waals surface area (Å²) in [5.41, 5.74) is 1.05. The Balaban J connectivity index is 1.97. The lowest BCUT2D eigenvalue weighted by Gasteiger charge is -2.30. The van der Waals surface area contributed by atoms with Crippen LogP contribution in [-0.2, 0) is 14.8 Å². The number of amides is 1. The number of fused-ring (bicyclic) bond motifs is 1. The van der Waals surface area contributed by atoms with Crippen molar-refractivity contribution in [2.24, 2.45) is 0 Å². The number of rotatable bonds is 3. The highest BCUT2D eigenvalue weighted by Crippen LogP contribution is 2.37. The lowest BCUT2D eigenvalue weighted by atomic mass is 10.2. The highest BCUT2D eigenvalue weighted by molar-refractivity contribution is 9.10. The van der Waals surface area contributed by atoms with Gasteiger partial charge in [0, 0.05) is 17.1 Å². The predicted molar refractivity (Wildman–Crippen MR) is 94.9 cm³/mol. The minimum Gasteiger partial charge on any atom is -0.489 e. The molecule has 0 radical (unpaired) electrons. The van der Waals surface area contributed by atoms with E-state index in [9.17, 15) is 13.2 Å². The number of carbonyl (C=O) groups excluding carboxylic acids is 1. The minimum absolute atomic E-state index is 0.157. The first-order valence-electron chi connectivity index (χ1n) is 7.21. The van der Waals surface area contributed by atoms with Crippen LogP contribution in [0.15, 0.2) is 51.8 Å². The Morgan fingerprint density at radius 1 is 1.21 bits per heavy atom. The van der Waals surface area contributed by atoms with E-state index >= 15 is 0 Å². The molecule has 1 heterocycles. The first-order chi connectivity index (χ1) is 11.4. The van der Waals surface area contributed by atoms with E-state index in [2.05, 4.69) is 21.2 Å². The van der Waals surface area contributed by atoms with Gasteiger partial charge >= 0.3 is 0 Å². The number of benzene rings is 2. The number of halogens is 1. The summed E-state index contributed by atoms with van der Waals surface area (Å²) in [5.74, 6) is 0.320. The Kier molecular flexibility index (Phi) is 4.51. The molecular formula is C16H15BrN2O4S. The number of nitrogens with zero attached hydrogens (tertiary/aromatic N) is 1. The normalized spacial score (nSPS) is 13.8. The second-order valence-corrected chi connectivity index (χ2v) is 8.02. The van der Waals surface area contributed by atoms with Gasteiger partial charge in [-0.3, -0.25) is 9.10 Å². The van der Waals surface area contributed by atoms with Crippen LogP contribution in [0.5, 0.6) is 5.75 Å². The third-order valence-electron chi connectivity index (χ3n) is 3.50. The fourth-order valence-corrected chi connectivity index (χ4v) is 4.26. The van der Waals surface area contributed by atoms with E-state index in [-0.39, 0.29) is 24.0 Å². The van der Waals surface area contributed by atoms with Crippen LogP contribution in [0.1, 0.15) is 6.92 Å². The topological polar surface area (TPSA) is 75.7 Å². The number of ether oxygens (including phenoxy) is 1. The van der Waals surface area contributed by atoms with Gasteiger partial charge in [-0.05, 0) is 42.5 Å². The third-order valence-corrected chi connectivity index (χ3v) is 5.82. The van der Waals surface area contributed by atoms with Crippen LogP contribution < -0.4 is 14.4 Å². The van der Waals surface area contributed by atoms with Gasteiger partial charge in [-0.25, -0.2) is 8.42 Å². The van der Waals surface area contributed by atoms with E-state index in [0.29, 0.717) is 17.1 Å². The quantitative estimate of drug-likeness (QED) is 0.843. The van der Waals surface area contributed by atoms with Crippen LogP contribution in [-0.4, -0.2) is 27.5 Å². The van der Waals surface area contributed by atoms with Crippen LogP contribution in [0, 0.1) is 0 Å². The Bertz CT molecular complexity index is 881. The van der Waals surface area contributed by atoms with Gasteiger partial charge in [-0.2, -0.15) is 0 Å². The summed E-state index contributed by atoms with van der Waals surface area (Å²) in [4.78, 5) is 11.2. The number of hydrogen-bond donors (Lipinski definition) is 1. The lowest BCUT2D eigenvalue weighted by Crippen LogP contribution is -2.37. The molecule has 0 unspecified atom stereocenters. The summed E-state index contributed by atoms with van der Waals surface area (Å²) in [6, 6.07) is 11.4. The van der Waals surface area contributed by atoms with Crippen molar-refractivity contribution in [1.29, 1.82) is 0 Å². The number of nitrogens with one attached hydrogen (secondary N) is 1. The molecule has 1 N–H and O–H groups in total. The molecule has 1 aliphatic rings. The van der Waals surface area contributed by atoms with Gasteiger partial charge in [-0.1, -0.05) is 15.9 Å². The zero-order chi connectivity index (χ0) is 17.3. The largest absolute Gasteiger partial charge is 0.489 e. The maximum Gasteiger partial charge on any atom is 0.264 e. The number of anilines is 2. The molecule has 1 aliphatic heterocycles. The summed E-state index contributed by atoms with van der Waals surface area (Å²) < 4.78 is 33.6. The Hall–Kier alpha value is -2.06. The van der Waals surface area contributed by atoms with E-state index in [4.69, 9.17) is 4.74 Å². The van der Waals surface area contributed by atoms with E-state index in [1.54, 1.807) is 30.3 Å². The molecule has 8 heteroatoms. The molecule has 0 aromatic heterocycles. The lowest BCUT2D eigenvalue weighted by molar-refractivity contribution is -0.114. The number of carbonyl (C=O) groups is 1. The van der Waals surface area contributed by atoms with Gasteiger partial charge in [0.25, 0.3) is 10.0 Å². The van der Waals surface area contributed by atoms with Crippen molar-refractivity contribution in [2.75, 3.05) is 22.8 Å². The molecule has 2 aromatic carbocycles. The second kappa shape index (κ2) is 6.45. The molecular weight excluding hydrogens is 396 g/mol. The van der Waals surface area contributed by atoms with Gasteiger partial charge in [0.1, 0.15) is 12.4 Å². The SMILES string of the molecule is CC(=O)Nc1ccc(S(=O)(=O)N2CCOc3ccc(Br)cc32)cc1. The fraction of sp³-hybridized carbons (Fsp3) is 0.188.